The normalized spacial score (nSPS) is 13.7. The van der Waals surface area contributed by atoms with Crippen LogP contribution in [0.3, 0.4) is 0 Å². The van der Waals surface area contributed by atoms with Gasteiger partial charge in [-0.1, -0.05) is 91.0 Å². The van der Waals surface area contributed by atoms with Crippen molar-refractivity contribution in [3.63, 3.8) is 0 Å². The fraction of sp³-hybridized carbons (Fsp3) is 0. The summed E-state index contributed by atoms with van der Waals surface area (Å²) in [4.78, 5) is 0. The van der Waals surface area contributed by atoms with Gasteiger partial charge in [0.15, 0.2) is 0 Å². The second-order valence-corrected chi connectivity index (χ2v) is 13.0. The molecule has 0 spiro atoms. The topological polar surface area (TPSA) is 18.5 Å². The van der Waals surface area contributed by atoms with Crippen molar-refractivity contribution in [2.24, 2.45) is 0 Å². The van der Waals surface area contributed by atoms with Gasteiger partial charge in [-0.2, -0.15) is 0 Å². The number of hydrogen-bond acceptors (Lipinski definition) is 2. The first kappa shape index (κ1) is 19.1. The predicted molar refractivity (Wildman–Crippen MR) is 120 cm³/mol. The highest BCUT2D eigenvalue weighted by Gasteiger charge is 2.27. The molecular weight excluding hydrogens is 380 g/mol. The zero-order valence-corrected chi connectivity index (χ0v) is 18.3. The third kappa shape index (κ3) is 5.18. The summed E-state index contributed by atoms with van der Waals surface area (Å²) in [5, 5.41) is 3.22. The van der Waals surface area contributed by atoms with Gasteiger partial charge in [-0.15, -0.1) is 23.9 Å². The van der Waals surface area contributed by atoms with Crippen molar-refractivity contribution in [1.82, 2.24) is 0 Å². The maximum atomic E-state index is 6.48. The molecule has 27 heavy (non-hydrogen) atoms. The molecular formula is C22H20O2Si3. The third-order valence-corrected chi connectivity index (χ3v) is 11.8. The number of rotatable bonds is 7. The Labute approximate surface area is 166 Å². The Balaban J connectivity index is 1.88. The van der Waals surface area contributed by atoms with Crippen molar-refractivity contribution < 1.29 is 8.23 Å². The molecule has 0 heterocycles. The molecule has 3 aromatic rings. The molecule has 5 heteroatoms. The number of terminal acetylenes is 2. The van der Waals surface area contributed by atoms with Crippen LogP contribution in [0.5, 0.6) is 0 Å². The highest BCUT2D eigenvalue weighted by Crippen LogP contribution is 2.01. The smallest absolute Gasteiger partial charge is 0.336 e. The first-order valence-corrected chi connectivity index (χ1v) is 13.5. The Kier molecular flexibility index (Phi) is 7.00. The van der Waals surface area contributed by atoms with Crippen molar-refractivity contribution >= 4 is 42.9 Å². The monoisotopic (exact) mass is 400 g/mol. The molecule has 2 unspecified atom stereocenters. The van der Waals surface area contributed by atoms with Crippen LogP contribution in [0.1, 0.15) is 0 Å². The lowest BCUT2D eigenvalue weighted by molar-refractivity contribution is 0.468. The Morgan fingerprint density at radius 1 is 0.519 bits per heavy atom. The SMILES string of the molecule is C#C[SiH](O[SiH](O[SiH](C#C)c1ccccc1)c1ccccc1)c1ccccc1. The molecule has 0 saturated heterocycles. The van der Waals surface area contributed by atoms with E-state index >= 15 is 0 Å². The summed E-state index contributed by atoms with van der Waals surface area (Å²) < 4.78 is 13.0. The summed E-state index contributed by atoms with van der Waals surface area (Å²) in [6, 6.07) is 30.0. The zero-order chi connectivity index (χ0) is 18.9. The molecule has 0 bridgehead atoms. The van der Waals surface area contributed by atoms with Gasteiger partial charge < -0.3 is 8.23 Å². The van der Waals surface area contributed by atoms with Crippen LogP contribution in [0.15, 0.2) is 91.0 Å². The molecule has 132 valence electrons. The predicted octanol–water partition coefficient (Wildman–Crippen LogP) is 0.754. The summed E-state index contributed by atoms with van der Waals surface area (Å²) in [5.74, 6) is 0. The fourth-order valence-electron chi connectivity index (χ4n) is 2.73. The van der Waals surface area contributed by atoms with E-state index in [4.69, 9.17) is 21.1 Å². The van der Waals surface area contributed by atoms with Crippen LogP contribution in [0.25, 0.3) is 0 Å². The molecule has 0 saturated carbocycles. The quantitative estimate of drug-likeness (QED) is 0.431. The van der Waals surface area contributed by atoms with Gasteiger partial charge in [0.1, 0.15) is 0 Å². The van der Waals surface area contributed by atoms with E-state index in [0.29, 0.717) is 0 Å². The van der Waals surface area contributed by atoms with Gasteiger partial charge in [-0.25, -0.2) is 0 Å². The average Bonchev–Trinajstić information content (AvgIpc) is 2.76. The lowest BCUT2D eigenvalue weighted by Gasteiger charge is -2.24. The summed E-state index contributed by atoms with van der Waals surface area (Å²) in [6.45, 7) is 0. The highest BCUT2D eigenvalue weighted by molar-refractivity contribution is 6.87. The van der Waals surface area contributed by atoms with Crippen LogP contribution in [-0.2, 0) is 8.23 Å². The summed E-state index contributed by atoms with van der Waals surface area (Å²) in [7, 11) is -6.33. The van der Waals surface area contributed by atoms with E-state index in [2.05, 4.69) is 11.1 Å². The van der Waals surface area contributed by atoms with Crippen LogP contribution in [0.2, 0.25) is 0 Å². The molecule has 0 amide bonds. The average molecular weight is 401 g/mol. The van der Waals surface area contributed by atoms with Crippen molar-refractivity contribution in [2.45, 2.75) is 0 Å². The molecule has 0 N–H and O–H groups in total. The van der Waals surface area contributed by atoms with Crippen molar-refractivity contribution in [3.05, 3.63) is 91.0 Å². The van der Waals surface area contributed by atoms with Crippen LogP contribution in [-0.4, -0.2) is 27.4 Å². The van der Waals surface area contributed by atoms with Gasteiger partial charge in [0, 0.05) is 0 Å². The molecule has 0 aliphatic carbocycles. The van der Waals surface area contributed by atoms with Crippen molar-refractivity contribution in [3.8, 4) is 23.9 Å². The molecule has 0 radical (unpaired) electrons. The molecule has 3 aromatic carbocycles. The molecule has 3 rings (SSSR count). The first-order valence-electron chi connectivity index (χ1n) is 8.70. The van der Waals surface area contributed by atoms with Crippen LogP contribution >= 0.6 is 0 Å². The number of hydrogen-bond donors (Lipinski definition) is 0. The van der Waals surface area contributed by atoms with E-state index in [0.717, 1.165) is 15.6 Å². The first-order chi connectivity index (χ1) is 13.3. The van der Waals surface area contributed by atoms with E-state index in [9.17, 15) is 0 Å². The Morgan fingerprint density at radius 3 is 1.19 bits per heavy atom. The minimum Gasteiger partial charge on any atom is -0.424 e. The van der Waals surface area contributed by atoms with Gasteiger partial charge in [0.05, 0.1) is 0 Å². The van der Waals surface area contributed by atoms with Crippen molar-refractivity contribution in [1.29, 1.82) is 0 Å². The standard InChI is InChI=1S/C22H20O2Si3/c1-3-25(20-14-8-5-9-15-20)23-27(22-18-12-7-13-19-22)24-26(4-2)21-16-10-6-11-17-21/h1-2,5-19,25-27H. The lowest BCUT2D eigenvalue weighted by Crippen LogP contribution is -2.50. The van der Waals surface area contributed by atoms with Gasteiger partial charge >= 0.3 is 9.28 Å². The van der Waals surface area contributed by atoms with Crippen LogP contribution in [0.4, 0.5) is 0 Å². The minimum absolute atomic E-state index is 1.06. The molecule has 2 atom stereocenters. The summed E-state index contributed by atoms with van der Waals surface area (Å²) in [5.41, 5.74) is 5.77. The molecule has 0 aromatic heterocycles. The fourth-order valence-corrected chi connectivity index (χ4v) is 10.7. The van der Waals surface area contributed by atoms with E-state index in [1.54, 1.807) is 0 Å². The second-order valence-electron chi connectivity index (χ2n) is 5.93. The van der Waals surface area contributed by atoms with Crippen molar-refractivity contribution in [2.75, 3.05) is 0 Å². The lowest BCUT2D eigenvalue weighted by atomic mass is 10.4. The largest absolute Gasteiger partial charge is 0.424 e. The molecule has 0 aliphatic rings. The summed E-state index contributed by atoms with van der Waals surface area (Å²) in [6.07, 6.45) is 11.7. The van der Waals surface area contributed by atoms with Gasteiger partial charge in [-0.05, 0) is 15.6 Å². The van der Waals surface area contributed by atoms with E-state index in [1.807, 2.05) is 91.0 Å². The van der Waals surface area contributed by atoms with Gasteiger partial charge in [0.2, 0.25) is 0 Å². The maximum absolute atomic E-state index is 6.48. The van der Waals surface area contributed by atoms with E-state index in [-0.39, 0.29) is 0 Å². The Morgan fingerprint density at radius 2 is 0.852 bits per heavy atom. The number of benzene rings is 3. The van der Waals surface area contributed by atoms with Gasteiger partial charge in [-0.3, -0.25) is 0 Å². The third-order valence-electron chi connectivity index (χ3n) is 4.10. The Bertz CT molecular complexity index is 859. The highest BCUT2D eigenvalue weighted by atomic mass is 28.4. The minimum atomic E-state index is -2.24. The molecule has 2 nitrogen and oxygen atoms in total. The second kappa shape index (κ2) is 9.89. The molecule has 0 fully saturated rings. The van der Waals surface area contributed by atoms with E-state index < -0.39 is 27.4 Å². The van der Waals surface area contributed by atoms with Crippen LogP contribution in [0, 0.1) is 23.9 Å². The molecule has 0 aliphatic heterocycles. The van der Waals surface area contributed by atoms with Crippen LogP contribution < -0.4 is 15.6 Å². The zero-order valence-electron chi connectivity index (χ0n) is 14.9. The van der Waals surface area contributed by atoms with E-state index in [1.165, 1.54) is 0 Å². The Hall–Kier alpha value is -2.65. The summed E-state index contributed by atoms with van der Waals surface area (Å²) >= 11 is 0. The van der Waals surface area contributed by atoms with Gasteiger partial charge in [0.25, 0.3) is 18.1 Å². The maximum Gasteiger partial charge on any atom is 0.336 e.